The van der Waals surface area contributed by atoms with E-state index in [0.717, 1.165) is 63.1 Å². The highest BCUT2D eigenvalue weighted by Gasteiger charge is 2.20. The van der Waals surface area contributed by atoms with Crippen molar-refractivity contribution < 1.29 is 9.47 Å². The fourth-order valence-corrected chi connectivity index (χ4v) is 2.93. The average Bonchev–Trinajstić information content (AvgIpc) is 2.63. The molecule has 0 unspecified atom stereocenters. The number of nitrogens with zero attached hydrogens (tertiary/aromatic N) is 3. The van der Waals surface area contributed by atoms with E-state index in [2.05, 4.69) is 33.1 Å². The number of rotatable bonds is 6. The Bertz CT molecular complexity index is 546. The molecule has 1 N–H and O–H groups in total. The molecule has 0 amide bonds. The fraction of sp³-hybridized carbons (Fsp3) is 0.611. The highest BCUT2D eigenvalue weighted by Crippen LogP contribution is 2.25. The topological polar surface area (TPSA) is 49.3 Å². The standard InChI is InChI=1S/C18H30N4O2.HI/c1-5-8-20-18(19-2)22-11-9-21(10-12-22)14-15-13-16(23-3)6-7-17(15)24-4;/h6-7,13H,5,8-12,14H2,1-4H3,(H,19,20);1H. The van der Waals surface area contributed by atoms with Gasteiger partial charge < -0.3 is 19.7 Å². The van der Waals surface area contributed by atoms with Crippen molar-refractivity contribution in [2.24, 2.45) is 4.99 Å². The summed E-state index contributed by atoms with van der Waals surface area (Å²) in [5, 5.41) is 3.41. The minimum Gasteiger partial charge on any atom is -0.497 e. The van der Waals surface area contributed by atoms with E-state index in [9.17, 15) is 0 Å². The quantitative estimate of drug-likeness (QED) is 0.400. The number of guanidine groups is 1. The molecule has 1 heterocycles. The van der Waals surface area contributed by atoms with Crippen LogP contribution in [0.5, 0.6) is 11.5 Å². The Hall–Kier alpha value is -1.22. The fourth-order valence-electron chi connectivity index (χ4n) is 2.93. The molecular formula is C18H31IN4O2. The summed E-state index contributed by atoms with van der Waals surface area (Å²) in [6.07, 6.45) is 1.11. The first-order chi connectivity index (χ1) is 11.7. The molecule has 0 saturated carbocycles. The SMILES string of the molecule is CCCNC(=NC)N1CCN(Cc2cc(OC)ccc2OC)CC1.I. The Kier molecular flexibility index (Phi) is 9.96. The number of ether oxygens (including phenoxy) is 2. The zero-order chi connectivity index (χ0) is 17.4. The van der Waals surface area contributed by atoms with Crippen LogP contribution >= 0.6 is 24.0 Å². The van der Waals surface area contributed by atoms with Gasteiger partial charge in [-0.2, -0.15) is 0 Å². The van der Waals surface area contributed by atoms with Crippen molar-refractivity contribution in [2.75, 3.05) is 54.0 Å². The first-order valence-electron chi connectivity index (χ1n) is 8.60. The second-order valence-electron chi connectivity index (χ2n) is 5.91. The summed E-state index contributed by atoms with van der Waals surface area (Å²) in [7, 11) is 5.26. The molecule has 1 saturated heterocycles. The maximum absolute atomic E-state index is 5.49. The second-order valence-corrected chi connectivity index (χ2v) is 5.91. The zero-order valence-corrected chi connectivity index (χ0v) is 18.1. The van der Waals surface area contributed by atoms with Crippen LogP contribution < -0.4 is 14.8 Å². The lowest BCUT2D eigenvalue weighted by molar-refractivity contribution is 0.171. The van der Waals surface area contributed by atoms with E-state index in [1.165, 1.54) is 5.56 Å². The van der Waals surface area contributed by atoms with Gasteiger partial charge in [0.1, 0.15) is 11.5 Å². The molecule has 142 valence electrons. The Morgan fingerprint density at radius 1 is 1.16 bits per heavy atom. The van der Waals surface area contributed by atoms with Crippen LogP contribution in [0.4, 0.5) is 0 Å². The summed E-state index contributed by atoms with van der Waals surface area (Å²) < 4.78 is 10.8. The van der Waals surface area contributed by atoms with Gasteiger partial charge in [0.25, 0.3) is 0 Å². The summed E-state index contributed by atoms with van der Waals surface area (Å²) in [5.41, 5.74) is 1.17. The van der Waals surface area contributed by atoms with E-state index in [1.807, 2.05) is 19.2 Å². The largest absolute Gasteiger partial charge is 0.497 e. The van der Waals surface area contributed by atoms with Crippen LogP contribution in [-0.4, -0.2) is 69.8 Å². The Balaban J connectivity index is 0.00000312. The minimum absolute atomic E-state index is 0. The molecule has 1 aliphatic heterocycles. The molecular weight excluding hydrogens is 431 g/mol. The maximum atomic E-state index is 5.49. The summed E-state index contributed by atoms with van der Waals surface area (Å²) >= 11 is 0. The van der Waals surface area contributed by atoms with Gasteiger partial charge in [-0.15, -0.1) is 24.0 Å². The van der Waals surface area contributed by atoms with E-state index in [0.29, 0.717) is 0 Å². The molecule has 6 nitrogen and oxygen atoms in total. The van der Waals surface area contributed by atoms with E-state index in [1.54, 1.807) is 14.2 Å². The van der Waals surface area contributed by atoms with Crippen molar-refractivity contribution in [3.05, 3.63) is 23.8 Å². The number of nitrogens with one attached hydrogen (secondary N) is 1. The van der Waals surface area contributed by atoms with Crippen LogP contribution in [0.3, 0.4) is 0 Å². The van der Waals surface area contributed by atoms with Crippen LogP contribution in [0.1, 0.15) is 18.9 Å². The molecule has 1 aliphatic rings. The lowest BCUT2D eigenvalue weighted by atomic mass is 10.1. The van der Waals surface area contributed by atoms with Gasteiger partial charge in [0.05, 0.1) is 14.2 Å². The molecule has 1 aromatic rings. The predicted octanol–water partition coefficient (Wildman–Crippen LogP) is 2.42. The van der Waals surface area contributed by atoms with Crippen molar-refractivity contribution in [3.63, 3.8) is 0 Å². The monoisotopic (exact) mass is 462 g/mol. The van der Waals surface area contributed by atoms with Gasteiger partial charge in [-0.3, -0.25) is 9.89 Å². The lowest BCUT2D eigenvalue weighted by Gasteiger charge is -2.36. The van der Waals surface area contributed by atoms with Gasteiger partial charge in [-0.05, 0) is 24.6 Å². The van der Waals surface area contributed by atoms with Gasteiger partial charge >= 0.3 is 0 Å². The first-order valence-corrected chi connectivity index (χ1v) is 8.60. The number of halogens is 1. The second kappa shape index (κ2) is 11.4. The van der Waals surface area contributed by atoms with Crippen molar-refractivity contribution in [1.82, 2.24) is 15.1 Å². The van der Waals surface area contributed by atoms with Gasteiger partial charge in [-0.25, -0.2) is 0 Å². The smallest absolute Gasteiger partial charge is 0.193 e. The number of methoxy groups -OCH3 is 2. The van der Waals surface area contributed by atoms with Gasteiger partial charge in [-0.1, -0.05) is 6.92 Å². The van der Waals surface area contributed by atoms with Gasteiger partial charge in [0.15, 0.2) is 5.96 Å². The number of hydrogen-bond acceptors (Lipinski definition) is 4. The number of aliphatic imine (C=N–C) groups is 1. The molecule has 0 aromatic heterocycles. The molecule has 25 heavy (non-hydrogen) atoms. The molecule has 7 heteroatoms. The van der Waals surface area contributed by atoms with Crippen molar-refractivity contribution in [2.45, 2.75) is 19.9 Å². The van der Waals surface area contributed by atoms with Crippen LogP contribution in [0, 0.1) is 0 Å². The molecule has 0 atom stereocenters. The van der Waals surface area contributed by atoms with Crippen LogP contribution in [0.15, 0.2) is 23.2 Å². The van der Waals surface area contributed by atoms with E-state index in [4.69, 9.17) is 9.47 Å². The molecule has 0 radical (unpaired) electrons. The molecule has 2 rings (SSSR count). The number of benzene rings is 1. The summed E-state index contributed by atoms with van der Waals surface area (Å²) in [4.78, 5) is 9.16. The van der Waals surface area contributed by atoms with Crippen LogP contribution in [0.2, 0.25) is 0 Å². The predicted molar refractivity (Wildman–Crippen MR) is 113 cm³/mol. The normalized spacial score (nSPS) is 15.5. The van der Waals surface area contributed by atoms with Crippen molar-refractivity contribution >= 4 is 29.9 Å². The van der Waals surface area contributed by atoms with Crippen molar-refractivity contribution in [1.29, 1.82) is 0 Å². The summed E-state index contributed by atoms with van der Waals surface area (Å²) in [5.74, 6) is 2.79. The van der Waals surface area contributed by atoms with Crippen molar-refractivity contribution in [3.8, 4) is 11.5 Å². The summed E-state index contributed by atoms with van der Waals surface area (Å²) in [6.45, 7) is 7.98. The molecule has 0 aliphatic carbocycles. The highest BCUT2D eigenvalue weighted by molar-refractivity contribution is 14.0. The van der Waals surface area contributed by atoms with Gasteiger partial charge in [0, 0.05) is 51.9 Å². The van der Waals surface area contributed by atoms with E-state index >= 15 is 0 Å². The average molecular weight is 462 g/mol. The summed E-state index contributed by atoms with van der Waals surface area (Å²) in [6, 6.07) is 5.97. The molecule has 0 bridgehead atoms. The first kappa shape index (κ1) is 21.8. The molecule has 0 spiro atoms. The molecule has 1 aromatic carbocycles. The zero-order valence-electron chi connectivity index (χ0n) is 15.7. The van der Waals surface area contributed by atoms with Crippen LogP contribution in [-0.2, 0) is 6.54 Å². The maximum Gasteiger partial charge on any atom is 0.193 e. The van der Waals surface area contributed by atoms with E-state index < -0.39 is 0 Å². The number of piperazine rings is 1. The third-order valence-corrected chi connectivity index (χ3v) is 4.30. The Morgan fingerprint density at radius 3 is 2.44 bits per heavy atom. The third kappa shape index (κ3) is 6.22. The minimum atomic E-state index is 0. The lowest BCUT2D eigenvalue weighted by Crippen LogP contribution is -2.52. The molecule has 1 fully saturated rings. The van der Waals surface area contributed by atoms with Gasteiger partial charge in [0.2, 0.25) is 0 Å². The highest BCUT2D eigenvalue weighted by atomic mass is 127. The number of hydrogen-bond donors (Lipinski definition) is 1. The van der Waals surface area contributed by atoms with Crippen LogP contribution in [0.25, 0.3) is 0 Å². The Labute approximate surface area is 168 Å². The third-order valence-electron chi connectivity index (χ3n) is 4.30. The Morgan fingerprint density at radius 2 is 1.88 bits per heavy atom. The van der Waals surface area contributed by atoms with E-state index in [-0.39, 0.29) is 24.0 Å².